The van der Waals surface area contributed by atoms with Gasteiger partial charge in [-0.15, -0.1) is 0 Å². The number of piperidine rings is 1. The highest BCUT2D eigenvalue weighted by atomic mass is 16.5. The number of nitrogens with zero attached hydrogens (tertiary/aromatic N) is 2. The first kappa shape index (κ1) is 20.3. The Labute approximate surface area is 157 Å². The molecule has 1 aliphatic rings. The second-order valence-corrected chi connectivity index (χ2v) is 7.05. The Hall–Kier alpha value is -2.04. The van der Waals surface area contributed by atoms with Crippen molar-refractivity contribution in [3.8, 4) is 5.75 Å². The number of ether oxygens (including phenoxy) is 1. The lowest BCUT2D eigenvalue weighted by molar-refractivity contribution is -0.140. The van der Waals surface area contributed by atoms with Crippen molar-refractivity contribution in [2.75, 3.05) is 33.3 Å². The summed E-state index contributed by atoms with van der Waals surface area (Å²) in [5, 5.41) is 0. The molecular formula is C21H32N2O3. The van der Waals surface area contributed by atoms with E-state index in [4.69, 9.17) is 4.74 Å². The van der Waals surface area contributed by atoms with Gasteiger partial charge in [0.25, 0.3) is 5.91 Å². The number of benzene rings is 1. The van der Waals surface area contributed by atoms with E-state index < -0.39 is 0 Å². The molecule has 144 valence electrons. The fourth-order valence-electron chi connectivity index (χ4n) is 3.25. The van der Waals surface area contributed by atoms with E-state index in [9.17, 15) is 9.59 Å². The van der Waals surface area contributed by atoms with E-state index in [0.29, 0.717) is 13.1 Å². The van der Waals surface area contributed by atoms with Gasteiger partial charge < -0.3 is 14.5 Å². The van der Waals surface area contributed by atoms with Crippen LogP contribution < -0.4 is 4.74 Å². The first-order chi connectivity index (χ1) is 12.5. The number of likely N-dealkylation sites (tertiary alicyclic amines) is 1. The van der Waals surface area contributed by atoms with Crippen LogP contribution in [0.4, 0.5) is 0 Å². The van der Waals surface area contributed by atoms with Crippen LogP contribution in [0.3, 0.4) is 0 Å². The number of hydrogen-bond acceptors (Lipinski definition) is 3. The molecule has 0 spiro atoms. The van der Waals surface area contributed by atoms with Gasteiger partial charge in [-0.1, -0.05) is 32.4 Å². The van der Waals surface area contributed by atoms with E-state index in [2.05, 4.69) is 13.8 Å². The second kappa shape index (κ2) is 10.2. The summed E-state index contributed by atoms with van der Waals surface area (Å²) < 4.78 is 5.61. The summed E-state index contributed by atoms with van der Waals surface area (Å²) in [6, 6.07) is 7.85. The first-order valence-corrected chi connectivity index (χ1v) is 9.79. The van der Waals surface area contributed by atoms with Crippen LogP contribution >= 0.6 is 0 Å². The molecule has 1 aromatic carbocycles. The fraction of sp³-hybridized carbons (Fsp3) is 0.619. The molecule has 0 saturated carbocycles. The van der Waals surface area contributed by atoms with Crippen LogP contribution in [0.2, 0.25) is 0 Å². The zero-order chi connectivity index (χ0) is 18.9. The molecule has 0 aliphatic carbocycles. The Morgan fingerprint density at radius 3 is 2.38 bits per heavy atom. The maximum absolute atomic E-state index is 12.4. The van der Waals surface area contributed by atoms with Crippen molar-refractivity contribution in [2.45, 2.75) is 46.0 Å². The Morgan fingerprint density at radius 1 is 1.15 bits per heavy atom. The van der Waals surface area contributed by atoms with Gasteiger partial charge in [0.15, 0.2) is 6.61 Å². The van der Waals surface area contributed by atoms with Gasteiger partial charge in [0.05, 0.1) is 0 Å². The molecule has 0 atom stereocenters. The molecule has 0 aromatic heterocycles. The monoisotopic (exact) mass is 360 g/mol. The second-order valence-electron chi connectivity index (χ2n) is 7.05. The van der Waals surface area contributed by atoms with E-state index in [1.807, 2.05) is 41.1 Å². The van der Waals surface area contributed by atoms with Crippen LogP contribution in [-0.4, -0.2) is 54.9 Å². The van der Waals surface area contributed by atoms with Crippen molar-refractivity contribution < 1.29 is 14.3 Å². The van der Waals surface area contributed by atoms with E-state index in [-0.39, 0.29) is 24.3 Å². The summed E-state index contributed by atoms with van der Waals surface area (Å²) in [7, 11) is 1.88. The van der Waals surface area contributed by atoms with Crippen molar-refractivity contribution in [2.24, 2.45) is 5.92 Å². The Kier molecular flexibility index (Phi) is 7.95. The highest BCUT2D eigenvalue weighted by Gasteiger charge is 2.29. The van der Waals surface area contributed by atoms with E-state index in [0.717, 1.165) is 44.4 Å². The van der Waals surface area contributed by atoms with Gasteiger partial charge in [-0.25, -0.2) is 0 Å². The number of carbonyl (C=O) groups is 2. The van der Waals surface area contributed by atoms with Gasteiger partial charge in [-0.2, -0.15) is 0 Å². The van der Waals surface area contributed by atoms with Crippen LogP contribution in [0, 0.1) is 5.92 Å². The Bertz CT molecular complexity index is 577. The lowest BCUT2D eigenvalue weighted by atomic mass is 9.95. The minimum atomic E-state index is -0.00481. The minimum absolute atomic E-state index is 0.00481. The van der Waals surface area contributed by atoms with Crippen LogP contribution in [0.1, 0.15) is 45.1 Å². The highest BCUT2D eigenvalue weighted by Crippen LogP contribution is 2.20. The minimum Gasteiger partial charge on any atom is -0.484 e. The lowest BCUT2D eigenvalue weighted by Gasteiger charge is -2.33. The number of rotatable bonds is 8. The molecule has 1 heterocycles. The largest absolute Gasteiger partial charge is 0.484 e. The molecule has 1 aliphatic heterocycles. The smallest absolute Gasteiger partial charge is 0.260 e. The summed E-state index contributed by atoms with van der Waals surface area (Å²) in [6.45, 7) is 6.38. The van der Waals surface area contributed by atoms with Crippen molar-refractivity contribution in [1.82, 2.24) is 9.80 Å². The van der Waals surface area contributed by atoms with E-state index in [1.165, 1.54) is 5.56 Å². The third kappa shape index (κ3) is 5.75. The van der Waals surface area contributed by atoms with Gasteiger partial charge in [0.1, 0.15) is 5.75 Å². The van der Waals surface area contributed by atoms with E-state index in [1.54, 1.807) is 0 Å². The average molecular weight is 360 g/mol. The fourth-order valence-corrected chi connectivity index (χ4v) is 3.25. The predicted molar refractivity (Wildman–Crippen MR) is 103 cm³/mol. The summed E-state index contributed by atoms with van der Waals surface area (Å²) >= 11 is 0. The quantitative estimate of drug-likeness (QED) is 0.716. The van der Waals surface area contributed by atoms with Gasteiger partial charge in [0, 0.05) is 32.6 Å². The zero-order valence-electron chi connectivity index (χ0n) is 16.4. The normalized spacial score (nSPS) is 15.0. The molecule has 2 rings (SSSR count). The zero-order valence-corrected chi connectivity index (χ0v) is 16.4. The molecule has 0 N–H and O–H groups in total. The van der Waals surface area contributed by atoms with E-state index >= 15 is 0 Å². The number of hydrogen-bond donors (Lipinski definition) is 0. The van der Waals surface area contributed by atoms with Crippen molar-refractivity contribution in [3.63, 3.8) is 0 Å². The van der Waals surface area contributed by atoms with Crippen LogP contribution in [0.15, 0.2) is 24.3 Å². The maximum Gasteiger partial charge on any atom is 0.260 e. The molecule has 0 unspecified atom stereocenters. The number of amides is 2. The molecule has 1 saturated heterocycles. The third-order valence-electron chi connectivity index (χ3n) is 5.11. The van der Waals surface area contributed by atoms with Gasteiger partial charge in [0.2, 0.25) is 5.91 Å². The topological polar surface area (TPSA) is 49.9 Å². The van der Waals surface area contributed by atoms with Gasteiger partial charge in [-0.3, -0.25) is 9.59 Å². The van der Waals surface area contributed by atoms with Crippen molar-refractivity contribution >= 4 is 11.8 Å². The summed E-state index contributed by atoms with van der Waals surface area (Å²) in [5.41, 5.74) is 1.25. The lowest BCUT2D eigenvalue weighted by Crippen LogP contribution is -2.45. The molecule has 1 aromatic rings. The predicted octanol–water partition coefficient (Wildman–Crippen LogP) is 3.12. The summed E-state index contributed by atoms with van der Waals surface area (Å²) in [4.78, 5) is 28.5. The van der Waals surface area contributed by atoms with Crippen LogP contribution in [0.25, 0.3) is 0 Å². The van der Waals surface area contributed by atoms with Crippen LogP contribution in [0.5, 0.6) is 5.75 Å². The number of carbonyl (C=O) groups excluding carboxylic acids is 2. The molecular weight excluding hydrogens is 328 g/mol. The molecule has 5 nitrogen and oxygen atoms in total. The Morgan fingerprint density at radius 2 is 1.81 bits per heavy atom. The highest BCUT2D eigenvalue weighted by molar-refractivity contribution is 5.80. The van der Waals surface area contributed by atoms with Crippen molar-refractivity contribution in [1.29, 1.82) is 0 Å². The third-order valence-corrected chi connectivity index (χ3v) is 5.11. The van der Waals surface area contributed by atoms with Gasteiger partial charge >= 0.3 is 0 Å². The Balaban J connectivity index is 1.74. The number of unbranched alkanes of at least 4 members (excludes halogenated alkanes) is 1. The molecule has 5 heteroatoms. The summed E-state index contributed by atoms with van der Waals surface area (Å²) in [6.07, 6.45) is 4.60. The maximum atomic E-state index is 12.4. The SMILES string of the molecule is CCCCN(C)C(=O)C1CCN(C(=O)COc2ccc(CC)cc2)CC1. The van der Waals surface area contributed by atoms with Crippen LogP contribution in [-0.2, 0) is 16.0 Å². The molecule has 1 fully saturated rings. The standard InChI is InChI=1S/C21H32N2O3/c1-4-6-13-22(3)21(25)18-11-14-23(15-12-18)20(24)16-26-19-9-7-17(5-2)8-10-19/h7-10,18H,4-6,11-16H2,1-3H3. The van der Waals surface area contributed by atoms with Gasteiger partial charge in [-0.05, 0) is 43.4 Å². The molecule has 2 amide bonds. The first-order valence-electron chi connectivity index (χ1n) is 9.79. The molecule has 0 bridgehead atoms. The van der Waals surface area contributed by atoms with Crippen molar-refractivity contribution in [3.05, 3.63) is 29.8 Å². The molecule has 26 heavy (non-hydrogen) atoms. The molecule has 0 radical (unpaired) electrons. The summed E-state index contributed by atoms with van der Waals surface area (Å²) in [5.74, 6) is 0.981. The number of aryl methyl sites for hydroxylation is 1. The average Bonchev–Trinajstić information content (AvgIpc) is 2.70.